The number of carbonyl (C=O) groups excluding carboxylic acids is 1. The van der Waals surface area contributed by atoms with Crippen LogP contribution in [-0.2, 0) is 4.79 Å². The molecule has 72 valence electrons. The van der Waals surface area contributed by atoms with Crippen LogP contribution in [0.15, 0.2) is 12.1 Å². The van der Waals surface area contributed by atoms with Gasteiger partial charge in [0.15, 0.2) is 11.6 Å². The molecular formula is C10H6F2O2. The second-order valence-electron chi connectivity index (χ2n) is 2.46. The fourth-order valence-electron chi connectivity index (χ4n) is 0.824. The van der Waals surface area contributed by atoms with Crippen LogP contribution in [-0.4, -0.2) is 11.4 Å². The monoisotopic (exact) mass is 196 g/mol. The molecule has 1 rings (SSSR count). The molecule has 0 amide bonds. The molecule has 0 bridgehead atoms. The van der Waals surface area contributed by atoms with Gasteiger partial charge < -0.3 is 9.90 Å². The molecule has 1 N–H and O–H groups in total. The van der Waals surface area contributed by atoms with Gasteiger partial charge in [-0.1, -0.05) is 11.8 Å². The lowest BCUT2D eigenvalue weighted by Crippen LogP contribution is -1.86. The second kappa shape index (κ2) is 4.38. The van der Waals surface area contributed by atoms with E-state index in [2.05, 4.69) is 11.8 Å². The van der Waals surface area contributed by atoms with Gasteiger partial charge in [0.2, 0.25) is 0 Å². The predicted octanol–water partition coefficient (Wildman–Crippen LogP) is 1.61. The number of hydrogen-bond acceptors (Lipinski definition) is 2. The fraction of sp³-hybridized carbons (Fsp3) is 0.100. The number of phenolic OH excluding ortho intramolecular Hbond substituents is 1. The number of rotatable bonds is 1. The second-order valence-corrected chi connectivity index (χ2v) is 2.46. The highest BCUT2D eigenvalue weighted by Crippen LogP contribution is 2.19. The molecule has 0 fully saturated rings. The lowest BCUT2D eigenvalue weighted by Gasteiger charge is -1.97. The topological polar surface area (TPSA) is 37.3 Å². The summed E-state index contributed by atoms with van der Waals surface area (Å²) in [6, 6.07) is 1.42. The smallest absolute Gasteiger partial charge is 0.162 e. The van der Waals surface area contributed by atoms with Gasteiger partial charge >= 0.3 is 0 Å². The third-order valence-corrected chi connectivity index (χ3v) is 1.45. The Morgan fingerprint density at radius 1 is 1.36 bits per heavy atom. The molecule has 0 radical (unpaired) electrons. The minimum absolute atomic E-state index is 0.0154. The molecule has 0 unspecified atom stereocenters. The molecule has 0 saturated heterocycles. The molecule has 4 heteroatoms. The molecule has 0 heterocycles. The summed E-state index contributed by atoms with van der Waals surface area (Å²) in [5.41, 5.74) is -0.0363. The summed E-state index contributed by atoms with van der Waals surface area (Å²) in [5.74, 6) is 2.05. The molecule has 0 saturated carbocycles. The number of aromatic hydroxyl groups is 1. The number of carbonyl (C=O) groups is 1. The number of hydrogen-bond donors (Lipinski definition) is 1. The first-order valence-electron chi connectivity index (χ1n) is 3.75. The molecule has 0 aliphatic rings. The van der Waals surface area contributed by atoms with E-state index in [1.165, 1.54) is 0 Å². The van der Waals surface area contributed by atoms with E-state index in [0.717, 1.165) is 6.07 Å². The Kier molecular flexibility index (Phi) is 3.19. The van der Waals surface area contributed by atoms with Crippen molar-refractivity contribution in [1.82, 2.24) is 0 Å². The zero-order valence-corrected chi connectivity index (χ0v) is 7.05. The van der Waals surface area contributed by atoms with Crippen molar-refractivity contribution in [2.45, 2.75) is 6.42 Å². The molecule has 1 aromatic carbocycles. The third kappa shape index (κ3) is 2.30. The summed E-state index contributed by atoms with van der Waals surface area (Å²) < 4.78 is 25.2. The number of aldehydes is 1. The van der Waals surface area contributed by atoms with E-state index in [1.807, 2.05) is 0 Å². The molecule has 0 aromatic heterocycles. The van der Waals surface area contributed by atoms with Crippen LogP contribution >= 0.6 is 0 Å². The number of halogens is 2. The van der Waals surface area contributed by atoms with E-state index in [4.69, 9.17) is 5.11 Å². The zero-order valence-electron chi connectivity index (χ0n) is 7.05. The molecule has 0 aliphatic heterocycles. The van der Waals surface area contributed by atoms with Crippen LogP contribution in [0.1, 0.15) is 12.0 Å². The van der Waals surface area contributed by atoms with Crippen LogP contribution < -0.4 is 0 Å². The average Bonchev–Trinajstić information content (AvgIpc) is 2.14. The van der Waals surface area contributed by atoms with Crippen molar-refractivity contribution >= 4 is 6.29 Å². The third-order valence-electron chi connectivity index (χ3n) is 1.45. The van der Waals surface area contributed by atoms with Crippen molar-refractivity contribution in [3.63, 3.8) is 0 Å². The first-order valence-corrected chi connectivity index (χ1v) is 3.75. The predicted molar refractivity (Wildman–Crippen MR) is 45.6 cm³/mol. The minimum Gasteiger partial charge on any atom is -0.507 e. The Bertz CT molecular complexity index is 416. The summed E-state index contributed by atoms with van der Waals surface area (Å²) in [4.78, 5) is 9.90. The number of phenols is 1. The van der Waals surface area contributed by atoms with Crippen LogP contribution in [0.5, 0.6) is 5.75 Å². The molecule has 1 aromatic rings. The Hall–Kier alpha value is -1.89. The Labute approximate surface area is 79.2 Å². The van der Waals surface area contributed by atoms with E-state index in [0.29, 0.717) is 12.4 Å². The minimum atomic E-state index is -1.14. The Balaban J connectivity index is 3.05. The van der Waals surface area contributed by atoms with Crippen molar-refractivity contribution in [3.05, 3.63) is 29.3 Å². The summed E-state index contributed by atoms with van der Waals surface area (Å²) >= 11 is 0. The highest BCUT2D eigenvalue weighted by atomic mass is 19.2. The molecule has 0 atom stereocenters. The van der Waals surface area contributed by atoms with Crippen LogP contribution in [0.3, 0.4) is 0 Å². The first-order chi connectivity index (χ1) is 6.65. The zero-order chi connectivity index (χ0) is 10.6. The van der Waals surface area contributed by atoms with Gasteiger partial charge in [-0.2, -0.15) is 0 Å². The highest BCUT2D eigenvalue weighted by molar-refractivity contribution is 5.56. The molecule has 0 spiro atoms. The van der Waals surface area contributed by atoms with Crippen molar-refractivity contribution in [2.75, 3.05) is 0 Å². The summed E-state index contributed by atoms with van der Waals surface area (Å²) in [6.45, 7) is 0. The van der Waals surface area contributed by atoms with Gasteiger partial charge in [0.25, 0.3) is 0 Å². The lowest BCUT2D eigenvalue weighted by molar-refractivity contribution is -0.107. The maximum Gasteiger partial charge on any atom is 0.162 e. The molecule has 2 nitrogen and oxygen atoms in total. The van der Waals surface area contributed by atoms with E-state index >= 15 is 0 Å². The van der Waals surface area contributed by atoms with Crippen molar-refractivity contribution < 1.29 is 18.7 Å². The van der Waals surface area contributed by atoms with Gasteiger partial charge in [-0.3, -0.25) is 0 Å². The molecule has 0 aliphatic carbocycles. The van der Waals surface area contributed by atoms with E-state index in [9.17, 15) is 13.6 Å². The van der Waals surface area contributed by atoms with E-state index < -0.39 is 17.4 Å². The van der Waals surface area contributed by atoms with Gasteiger partial charge in [-0.15, -0.1) is 0 Å². The van der Waals surface area contributed by atoms with Crippen LogP contribution in [0.25, 0.3) is 0 Å². The van der Waals surface area contributed by atoms with Crippen LogP contribution in [0.2, 0.25) is 0 Å². The van der Waals surface area contributed by atoms with Gasteiger partial charge in [0, 0.05) is 6.07 Å². The maximum absolute atomic E-state index is 12.6. The normalized spacial score (nSPS) is 9.00. The standard InChI is InChI=1S/C10H6F2O2/c11-8-5-7(3-1-2-4-13)10(14)6-9(8)12/h4-6,14H,2H2. The summed E-state index contributed by atoms with van der Waals surface area (Å²) in [6.07, 6.45) is 0.558. The Morgan fingerprint density at radius 3 is 2.64 bits per heavy atom. The van der Waals surface area contributed by atoms with Gasteiger partial charge in [-0.05, 0) is 6.07 Å². The highest BCUT2D eigenvalue weighted by Gasteiger charge is 2.06. The van der Waals surface area contributed by atoms with Crippen LogP contribution in [0, 0.1) is 23.5 Å². The van der Waals surface area contributed by atoms with Crippen LogP contribution in [0.4, 0.5) is 8.78 Å². The van der Waals surface area contributed by atoms with Crippen molar-refractivity contribution in [2.24, 2.45) is 0 Å². The van der Waals surface area contributed by atoms with Crippen molar-refractivity contribution in [1.29, 1.82) is 0 Å². The average molecular weight is 196 g/mol. The quantitative estimate of drug-likeness (QED) is 0.547. The summed E-state index contributed by atoms with van der Waals surface area (Å²) in [7, 11) is 0. The SMILES string of the molecule is O=CCC#Cc1cc(F)c(F)cc1O. The fourth-order valence-corrected chi connectivity index (χ4v) is 0.824. The first kappa shape index (κ1) is 10.2. The molecular weight excluding hydrogens is 190 g/mol. The largest absolute Gasteiger partial charge is 0.507 e. The lowest BCUT2D eigenvalue weighted by atomic mass is 10.2. The van der Waals surface area contributed by atoms with Gasteiger partial charge in [-0.25, -0.2) is 8.78 Å². The van der Waals surface area contributed by atoms with E-state index in [-0.39, 0.29) is 12.0 Å². The van der Waals surface area contributed by atoms with Crippen molar-refractivity contribution in [3.8, 4) is 17.6 Å². The Morgan fingerprint density at radius 2 is 2.00 bits per heavy atom. The number of benzene rings is 1. The maximum atomic E-state index is 12.6. The molecule has 14 heavy (non-hydrogen) atoms. The van der Waals surface area contributed by atoms with E-state index in [1.54, 1.807) is 0 Å². The summed E-state index contributed by atoms with van der Waals surface area (Å²) in [5, 5.41) is 9.12. The van der Waals surface area contributed by atoms with Gasteiger partial charge in [0.05, 0.1) is 12.0 Å². The van der Waals surface area contributed by atoms with Gasteiger partial charge in [0.1, 0.15) is 12.0 Å².